The van der Waals surface area contributed by atoms with Crippen LogP contribution >= 0.6 is 0 Å². The number of hydrogen-bond donors (Lipinski definition) is 3. The normalized spacial score (nSPS) is 21.3. The zero-order valence-electron chi connectivity index (χ0n) is 16.0. The first-order valence-corrected chi connectivity index (χ1v) is 9.70. The van der Waals surface area contributed by atoms with Gasteiger partial charge >= 0.3 is 0 Å². The average Bonchev–Trinajstić information content (AvgIpc) is 2.64. The summed E-state index contributed by atoms with van der Waals surface area (Å²) in [7, 11) is 0. The Balaban J connectivity index is 1.40. The molecule has 0 bridgehead atoms. The van der Waals surface area contributed by atoms with Crippen LogP contribution < -0.4 is 14.5 Å². The highest BCUT2D eigenvalue weighted by atomic mass is 16.5. The van der Waals surface area contributed by atoms with Crippen LogP contribution in [0.5, 0.6) is 5.75 Å². The number of aliphatic hydroxyl groups is 1. The van der Waals surface area contributed by atoms with Crippen molar-refractivity contribution in [1.82, 2.24) is 0 Å². The number of piperazine rings is 1. The van der Waals surface area contributed by atoms with Gasteiger partial charge in [0.25, 0.3) is 0 Å². The Hall–Kier alpha value is -1.88. The monoisotopic (exact) mass is 356 g/mol. The van der Waals surface area contributed by atoms with E-state index in [0.717, 1.165) is 56.1 Å². The van der Waals surface area contributed by atoms with Crippen molar-refractivity contribution in [2.75, 3.05) is 39.3 Å². The Bertz CT molecular complexity index is 662. The molecule has 140 valence electrons. The summed E-state index contributed by atoms with van der Waals surface area (Å²) in [5, 5.41) is 10.4. The van der Waals surface area contributed by atoms with Gasteiger partial charge in [0.15, 0.2) is 0 Å². The first-order chi connectivity index (χ1) is 12.6. The fourth-order valence-electron chi connectivity index (χ4n) is 3.82. The fourth-order valence-corrected chi connectivity index (χ4v) is 3.82. The van der Waals surface area contributed by atoms with Crippen LogP contribution in [0.3, 0.4) is 0 Å². The second-order valence-electron chi connectivity index (χ2n) is 7.55. The summed E-state index contributed by atoms with van der Waals surface area (Å²) in [5.74, 6) is 0.915. The van der Waals surface area contributed by atoms with Crippen molar-refractivity contribution in [3.63, 3.8) is 0 Å². The SMILES string of the molecule is Cc1cccc(C)c1OC[C@H](O)C[NH+]1CC[NH+](Cc2ccccc2)CC1. The molecule has 0 aliphatic carbocycles. The fraction of sp³-hybridized carbons (Fsp3) is 0.455. The van der Waals surface area contributed by atoms with Gasteiger partial charge in [-0.1, -0.05) is 48.5 Å². The summed E-state index contributed by atoms with van der Waals surface area (Å²) >= 11 is 0. The van der Waals surface area contributed by atoms with E-state index in [0.29, 0.717) is 6.61 Å². The lowest BCUT2D eigenvalue weighted by Gasteiger charge is -2.30. The lowest BCUT2D eigenvalue weighted by atomic mass is 10.1. The number of quaternary nitrogens is 2. The average molecular weight is 357 g/mol. The zero-order chi connectivity index (χ0) is 18.4. The summed E-state index contributed by atoms with van der Waals surface area (Å²) in [4.78, 5) is 3.13. The number of hydrogen-bond acceptors (Lipinski definition) is 2. The molecule has 0 spiro atoms. The third-order valence-corrected chi connectivity index (χ3v) is 5.31. The van der Waals surface area contributed by atoms with Crippen molar-refractivity contribution in [2.45, 2.75) is 26.5 Å². The molecule has 0 unspecified atom stereocenters. The Labute approximate surface area is 157 Å². The molecule has 2 aromatic carbocycles. The molecule has 0 amide bonds. The van der Waals surface area contributed by atoms with E-state index in [1.165, 1.54) is 10.5 Å². The van der Waals surface area contributed by atoms with Crippen molar-refractivity contribution < 1.29 is 19.6 Å². The highest BCUT2D eigenvalue weighted by molar-refractivity contribution is 5.39. The first-order valence-electron chi connectivity index (χ1n) is 9.70. The van der Waals surface area contributed by atoms with Crippen molar-refractivity contribution in [3.8, 4) is 5.75 Å². The Kier molecular flexibility index (Phi) is 6.67. The Morgan fingerprint density at radius 3 is 2.15 bits per heavy atom. The van der Waals surface area contributed by atoms with E-state index in [1.54, 1.807) is 4.90 Å². The number of aryl methyl sites for hydroxylation is 2. The highest BCUT2D eigenvalue weighted by Gasteiger charge is 2.25. The standard InChI is InChI=1S/C22H30N2O2/c1-18-7-6-8-19(2)22(18)26-17-21(25)16-24-13-11-23(12-14-24)15-20-9-4-3-5-10-20/h3-10,21,25H,11-17H2,1-2H3/p+2/t21-/m1/s1. The quantitative estimate of drug-likeness (QED) is 0.655. The molecule has 1 atom stereocenters. The van der Waals surface area contributed by atoms with Gasteiger partial charge in [-0.25, -0.2) is 0 Å². The van der Waals surface area contributed by atoms with E-state index in [1.807, 2.05) is 6.07 Å². The predicted molar refractivity (Wildman–Crippen MR) is 104 cm³/mol. The zero-order valence-corrected chi connectivity index (χ0v) is 16.0. The van der Waals surface area contributed by atoms with Gasteiger partial charge in [0.1, 0.15) is 57.7 Å². The van der Waals surface area contributed by atoms with E-state index in [9.17, 15) is 5.11 Å². The van der Waals surface area contributed by atoms with Gasteiger partial charge in [0.2, 0.25) is 0 Å². The summed E-state index contributed by atoms with van der Waals surface area (Å²) in [6.07, 6.45) is -0.417. The third kappa shape index (κ3) is 5.31. The number of ether oxygens (including phenoxy) is 1. The van der Waals surface area contributed by atoms with Crippen LogP contribution in [-0.2, 0) is 6.54 Å². The second-order valence-corrected chi connectivity index (χ2v) is 7.55. The summed E-state index contributed by atoms with van der Waals surface area (Å²) < 4.78 is 5.90. The Morgan fingerprint density at radius 2 is 1.50 bits per heavy atom. The van der Waals surface area contributed by atoms with Crippen molar-refractivity contribution in [3.05, 3.63) is 65.2 Å². The van der Waals surface area contributed by atoms with Crippen molar-refractivity contribution >= 4 is 0 Å². The maximum atomic E-state index is 10.4. The maximum absolute atomic E-state index is 10.4. The van der Waals surface area contributed by atoms with Crippen LogP contribution in [0.4, 0.5) is 0 Å². The van der Waals surface area contributed by atoms with E-state index in [2.05, 4.69) is 56.3 Å². The molecule has 0 radical (unpaired) electrons. The topological polar surface area (TPSA) is 38.3 Å². The molecule has 26 heavy (non-hydrogen) atoms. The number of nitrogens with one attached hydrogen (secondary N) is 2. The van der Waals surface area contributed by atoms with Crippen LogP contribution in [0.25, 0.3) is 0 Å². The minimum Gasteiger partial charge on any atom is -0.490 e. The predicted octanol–water partition coefficient (Wildman–Crippen LogP) is 0.0267. The number of benzene rings is 2. The van der Waals surface area contributed by atoms with E-state index in [-0.39, 0.29) is 0 Å². The molecule has 1 fully saturated rings. The lowest BCUT2D eigenvalue weighted by Crippen LogP contribution is -3.28. The molecule has 0 saturated carbocycles. The number of para-hydroxylation sites is 1. The molecule has 3 N–H and O–H groups in total. The Morgan fingerprint density at radius 1 is 0.885 bits per heavy atom. The van der Waals surface area contributed by atoms with E-state index < -0.39 is 6.10 Å². The number of rotatable bonds is 7. The molecule has 3 rings (SSSR count). The minimum atomic E-state index is -0.417. The smallest absolute Gasteiger partial charge is 0.137 e. The van der Waals surface area contributed by atoms with Crippen LogP contribution in [0.15, 0.2) is 48.5 Å². The van der Waals surface area contributed by atoms with Crippen LogP contribution in [0.2, 0.25) is 0 Å². The molecule has 1 aliphatic rings. The summed E-state index contributed by atoms with van der Waals surface area (Å²) in [6.45, 7) is 10.9. The molecule has 4 nitrogen and oxygen atoms in total. The van der Waals surface area contributed by atoms with E-state index >= 15 is 0 Å². The van der Waals surface area contributed by atoms with Gasteiger partial charge in [-0.15, -0.1) is 0 Å². The van der Waals surface area contributed by atoms with Crippen LogP contribution in [0.1, 0.15) is 16.7 Å². The van der Waals surface area contributed by atoms with E-state index in [4.69, 9.17) is 4.74 Å². The van der Waals surface area contributed by atoms with Crippen LogP contribution in [-0.4, -0.2) is 50.5 Å². The van der Waals surface area contributed by atoms with Gasteiger partial charge < -0.3 is 19.6 Å². The minimum absolute atomic E-state index is 0.371. The third-order valence-electron chi connectivity index (χ3n) is 5.31. The molecule has 1 saturated heterocycles. The molecule has 2 aromatic rings. The van der Waals surface area contributed by atoms with Gasteiger partial charge in [-0.2, -0.15) is 0 Å². The second kappa shape index (κ2) is 9.17. The molecule has 1 heterocycles. The molecule has 1 aliphatic heterocycles. The highest BCUT2D eigenvalue weighted by Crippen LogP contribution is 2.22. The number of aliphatic hydroxyl groups excluding tert-OH is 1. The maximum Gasteiger partial charge on any atom is 0.137 e. The lowest BCUT2D eigenvalue weighted by molar-refractivity contribution is -1.02. The van der Waals surface area contributed by atoms with Crippen LogP contribution in [0, 0.1) is 13.8 Å². The van der Waals surface area contributed by atoms with Gasteiger partial charge in [-0.05, 0) is 25.0 Å². The molecule has 0 aromatic heterocycles. The first kappa shape index (κ1) is 18.9. The largest absolute Gasteiger partial charge is 0.490 e. The molecule has 4 heteroatoms. The summed E-state index contributed by atoms with van der Waals surface area (Å²) in [6, 6.07) is 16.9. The van der Waals surface area contributed by atoms with Gasteiger partial charge in [0.05, 0.1) is 0 Å². The van der Waals surface area contributed by atoms with Crippen molar-refractivity contribution in [1.29, 1.82) is 0 Å². The molecular weight excluding hydrogens is 324 g/mol. The van der Waals surface area contributed by atoms with Crippen molar-refractivity contribution in [2.24, 2.45) is 0 Å². The van der Waals surface area contributed by atoms with Gasteiger partial charge in [0, 0.05) is 5.56 Å². The van der Waals surface area contributed by atoms with Gasteiger partial charge in [-0.3, -0.25) is 0 Å². The summed E-state index contributed by atoms with van der Waals surface area (Å²) in [5.41, 5.74) is 3.67. The molecular formula is C22H32N2O2+2.